The fraction of sp³-hybridized carbons (Fsp3) is 0.800. The SMILES string of the molecule is CCC1CCC2(CC1)NC(=O)N(CC(=O)NC1CC1)C2=O. The second-order valence-electron chi connectivity index (χ2n) is 6.60. The fourth-order valence-corrected chi connectivity index (χ4v) is 3.38. The molecule has 6 heteroatoms. The molecular formula is C15H23N3O3. The van der Waals surface area contributed by atoms with Gasteiger partial charge in [0, 0.05) is 6.04 Å². The number of amides is 4. The largest absolute Gasteiger partial charge is 0.352 e. The topological polar surface area (TPSA) is 78.5 Å². The van der Waals surface area contributed by atoms with Crippen LogP contribution >= 0.6 is 0 Å². The molecule has 3 rings (SSSR count). The van der Waals surface area contributed by atoms with E-state index in [0.29, 0.717) is 18.8 Å². The molecule has 0 bridgehead atoms. The van der Waals surface area contributed by atoms with Crippen molar-refractivity contribution in [3.05, 3.63) is 0 Å². The molecule has 3 fully saturated rings. The summed E-state index contributed by atoms with van der Waals surface area (Å²) in [7, 11) is 0. The van der Waals surface area contributed by atoms with Crippen LogP contribution in [0.3, 0.4) is 0 Å². The molecule has 0 unspecified atom stereocenters. The summed E-state index contributed by atoms with van der Waals surface area (Å²) in [5.41, 5.74) is -0.747. The molecule has 2 N–H and O–H groups in total. The van der Waals surface area contributed by atoms with Crippen LogP contribution in [0.15, 0.2) is 0 Å². The van der Waals surface area contributed by atoms with Crippen molar-refractivity contribution in [1.29, 1.82) is 0 Å². The third-order valence-electron chi connectivity index (χ3n) is 5.03. The summed E-state index contributed by atoms with van der Waals surface area (Å²) in [6, 6.07) is -0.173. The smallest absolute Gasteiger partial charge is 0.325 e. The van der Waals surface area contributed by atoms with Crippen LogP contribution < -0.4 is 10.6 Å². The van der Waals surface area contributed by atoms with E-state index in [4.69, 9.17) is 0 Å². The number of imide groups is 1. The molecule has 0 aromatic carbocycles. The maximum Gasteiger partial charge on any atom is 0.325 e. The average Bonchev–Trinajstić information content (AvgIpc) is 3.25. The summed E-state index contributed by atoms with van der Waals surface area (Å²) >= 11 is 0. The first-order valence-corrected chi connectivity index (χ1v) is 7.97. The second kappa shape index (κ2) is 5.31. The van der Waals surface area contributed by atoms with Gasteiger partial charge in [-0.3, -0.25) is 14.5 Å². The van der Waals surface area contributed by atoms with Crippen molar-refractivity contribution in [3.63, 3.8) is 0 Å². The highest BCUT2D eigenvalue weighted by Gasteiger charge is 2.52. The molecule has 4 amide bonds. The molecule has 2 saturated carbocycles. The molecule has 1 spiro atoms. The number of nitrogens with zero attached hydrogens (tertiary/aromatic N) is 1. The Morgan fingerprint density at radius 1 is 1.29 bits per heavy atom. The van der Waals surface area contributed by atoms with Gasteiger partial charge < -0.3 is 10.6 Å². The van der Waals surface area contributed by atoms with E-state index in [-0.39, 0.29) is 24.4 Å². The average molecular weight is 293 g/mol. The molecule has 3 aliphatic rings. The molecule has 1 saturated heterocycles. The van der Waals surface area contributed by atoms with Crippen LogP contribution in [0.2, 0.25) is 0 Å². The lowest BCUT2D eigenvalue weighted by Gasteiger charge is -2.34. The van der Waals surface area contributed by atoms with Gasteiger partial charge in [-0.25, -0.2) is 4.79 Å². The standard InChI is InChI=1S/C15H23N3O3/c1-2-10-5-7-15(8-6-10)13(20)18(14(21)17-15)9-12(19)16-11-3-4-11/h10-11H,2-9H2,1H3,(H,16,19)(H,17,21). The predicted octanol–water partition coefficient (Wildman–Crippen LogP) is 1.16. The number of carbonyl (C=O) groups excluding carboxylic acids is 3. The molecular weight excluding hydrogens is 270 g/mol. The minimum atomic E-state index is -0.747. The molecule has 0 aromatic heterocycles. The van der Waals surface area contributed by atoms with E-state index in [1.165, 1.54) is 0 Å². The van der Waals surface area contributed by atoms with Crippen molar-refractivity contribution < 1.29 is 14.4 Å². The number of hydrogen-bond donors (Lipinski definition) is 2. The molecule has 1 aliphatic heterocycles. The molecule has 6 nitrogen and oxygen atoms in total. The minimum Gasteiger partial charge on any atom is -0.352 e. The minimum absolute atomic E-state index is 0.153. The molecule has 2 aliphatic carbocycles. The van der Waals surface area contributed by atoms with Gasteiger partial charge in [0.25, 0.3) is 5.91 Å². The summed E-state index contributed by atoms with van der Waals surface area (Å²) < 4.78 is 0. The van der Waals surface area contributed by atoms with E-state index in [2.05, 4.69) is 17.6 Å². The van der Waals surface area contributed by atoms with E-state index >= 15 is 0 Å². The van der Waals surface area contributed by atoms with Gasteiger partial charge in [0.2, 0.25) is 5.91 Å². The van der Waals surface area contributed by atoms with E-state index < -0.39 is 11.6 Å². The van der Waals surface area contributed by atoms with Crippen LogP contribution in [0.4, 0.5) is 4.79 Å². The summed E-state index contributed by atoms with van der Waals surface area (Å²) in [5.74, 6) is 0.195. The van der Waals surface area contributed by atoms with E-state index in [0.717, 1.165) is 37.0 Å². The highest BCUT2D eigenvalue weighted by molar-refractivity contribution is 6.09. The normalized spacial score (nSPS) is 32.4. The Labute approximate surface area is 124 Å². The third-order valence-corrected chi connectivity index (χ3v) is 5.03. The van der Waals surface area contributed by atoms with Gasteiger partial charge in [-0.1, -0.05) is 13.3 Å². The Balaban J connectivity index is 1.63. The van der Waals surface area contributed by atoms with Crippen LogP contribution in [0.25, 0.3) is 0 Å². The second-order valence-corrected chi connectivity index (χ2v) is 6.60. The molecule has 116 valence electrons. The van der Waals surface area contributed by atoms with Crippen molar-refractivity contribution in [1.82, 2.24) is 15.5 Å². The fourth-order valence-electron chi connectivity index (χ4n) is 3.38. The van der Waals surface area contributed by atoms with E-state index in [9.17, 15) is 14.4 Å². The van der Waals surface area contributed by atoms with Crippen molar-refractivity contribution in [2.75, 3.05) is 6.54 Å². The zero-order valence-corrected chi connectivity index (χ0v) is 12.5. The first kappa shape index (κ1) is 14.4. The maximum absolute atomic E-state index is 12.6. The number of nitrogens with one attached hydrogen (secondary N) is 2. The summed E-state index contributed by atoms with van der Waals surface area (Å²) in [4.78, 5) is 37.6. The zero-order chi connectivity index (χ0) is 15.0. The lowest BCUT2D eigenvalue weighted by molar-refractivity contribution is -0.136. The first-order valence-electron chi connectivity index (χ1n) is 7.97. The lowest BCUT2D eigenvalue weighted by atomic mass is 9.75. The van der Waals surface area contributed by atoms with Crippen molar-refractivity contribution in [2.24, 2.45) is 5.92 Å². The molecule has 0 aromatic rings. The summed E-state index contributed by atoms with van der Waals surface area (Å²) in [5, 5.41) is 5.66. The maximum atomic E-state index is 12.6. The highest BCUT2D eigenvalue weighted by atomic mass is 16.2. The monoisotopic (exact) mass is 293 g/mol. The van der Waals surface area contributed by atoms with E-state index in [1.54, 1.807) is 0 Å². The Bertz CT molecular complexity index is 465. The quantitative estimate of drug-likeness (QED) is 0.763. The highest BCUT2D eigenvalue weighted by Crippen LogP contribution is 2.37. The number of rotatable bonds is 4. The molecule has 1 heterocycles. The van der Waals surface area contributed by atoms with Crippen LogP contribution in [0.5, 0.6) is 0 Å². The molecule has 21 heavy (non-hydrogen) atoms. The van der Waals surface area contributed by atoms with Gasteiger partial charge in [-0.05, 0) is 44.4 Å². The van der Waals surface area contributed by atoms with Crippen molar-refractivity contribution >= 4 is 17.8 Å². The van der Waals surface area contributed by atoms with Gasteiger partial charge in [-0.2, -0.15) is 0 Å². The summed E-state index contributed by atoms with van der Waals surface area (Å²) in [6.45, 7) is 2.01. The van der Waals surface area contributed by atoms with Crippen LogP contribution in [-0.2, 0) is 9.59 Å². The zero-order valence-electron chi connectivity index (χ0n) is 12.5. The Hall–Kier alpha value is -1.59. The summed E-state index contributed by atoms with van der Waals surface area (Å²) in [6.07, 6.45) is 6.41. The molecule has 0 radical (unpaired) electrons. The lowest BCUT2D eigenvalue weighted by Crippen LogP contribution is -2.50. The number of carbonyl (C=O) groups is 3. The van der Waals surface area contributed by atoms with Crippen LogP contribution in [-0.4, -0.2) is 40.9 Å². The van der Waals surface area contributed by atoms with Crippen molar-refractivity contribution in [2.45, 2.75) is 63.5 Å². The van der Waals surface area contributed by atoms with Crippen LogP contribution in [0, 0.1) is 5.92 Å². The van der Waals surface area contributed by atoms with E-state index in [1.807, 2.05) is 0 Å². The van der Waals surface area contributed by atoms with Gasteiger partial charge in [0.1, 0.15) is 12.1 Å². The van der Waals surface area contributed by atoms with Gasteiger partial charge in [0.15, 0.2) is 0 Å². The Morgan fingerprint density at radius 3 is 2.52 bits per heavy atom. The number of hydrogen-bond acceptors (Lipinski definition) is 3. The third kappa shape index (κ3) is 2.76. The Kier molecular flexibility index (Phi) is 3.63. The molecule has 0 atom stereocenters. The first-order chi connectivity index (χ1) is 10.0. The van der Waals surface area contributed by atoms with Gasteiger partial charge >= 0.3 is 6.03 Å². The van der Waals surface area contributed by atoms with Crippen LogP contribution in [0.1, 0.15) is 51.9 Å². The van der Waals surface area contributed by atoms with Gasteiger partial charge in [0.05, 0.1) is 0 Å². The van der Waals surface area contributed by atoms with Crippen molar-refractivity contribution in [3.8, 4) is 0 Å². The predicted molar refractivity (Wildman–Crippen MR) is 76.4 cm³/mol. The van der Waals surface area contributed by atoms with Gasteiger partial charge in [-0.15, -0.1) is 0 Å². The number of urea groups is 1. The Morgan fingerprint density at radius 2 is 1.95 bits per heavy atom.